The molecule has 2 atom stereocenters. The smallest absolute Gasteiger partial charge is 0.321 e. The number of hydrogen-bond donors (Lipinski definition) is 3. The van der Waals surface area contributed by atoms with Gasteiger partial charge in [-0.1, -0.05) is 6.07 Å². The van der Waals surface area contributed by atoms with Crippen LogP contribution in [0, 0.1) is 0 Å². The van der Waals surface area contributed by atoms with E-state index in [1.807, 2.05) is 12.1 Å². The van der Waals surface area contributed by atoms with Gasteiger partial charge in [-0.3, -0.25) is 15.1 Å². The van der Waals surface area contributed by atoms with Crippen molar-refractivity contribution >= 4 is 5.97 Å². The molecule has 1 aliphatic heterocycles. The first kappa shape index (κ1) is 10.9. The molecule has 18 heavy (non-hydrogen) atoms. The second kappa shape index (κ2) is 4.23. The van der Waals surface area contributed by atoms with Crippen LogP contribution in [-0.2, 0) is 11.2 Å². The molecule has 6 heteroatoms. The minimum Gasteiger partial charge on any atom is -0.480 e. The molecule has 0 saturated carbocycles. The molecule has 0 fully saturated rings. The van der Waals surface area contributed by atoms with E-state index in [9.17, 15) is 4.79 Å². The summed E-state index contributed by atoms with van der Waals surface area (Å²) in [6, 6.07) is 2.90. The van der Waals surface area contributed by atoms with E-state index in [0.717, 1.165) is 17.0 Å². The fourth-order valence-corrected chi connectivity index (χ4v) is 2.25. The molecule has 3 heterocycles. The minimum absolute atomic E-state index is 0.227. The number of carboxylic acid groups (broad SMARTS) is 1. The Balaban J connectivity index is 2.02. The standard InChI is InChI=1S/C12H12N4O2/c17-12(18)9-4-8-11(15-6-14-8)10(16-9)7-2-1-3-13-5-7/h1-3,5-6,9-10,16H,4H2,(H,14,15)(H,17,18)/t9-,10-/m1/s1. The third-order valence-electron chi connectivity index (χ3n) is 3.12. The summed E-state index contributed by atoms with van der Waals surface area (Å²) in [5, 5.41) is 12.2. The van der Waals surface area contributed by atoms with E-state index in [4.69, 9.17) is 5.11 Å². The van der Waals surface area contributed by atoms with Crippen molar-refractivity contribution in [3.63, 3.8) is 0 Å². The summed E-state index contributed by atoms with van der Waals surface area (Å²) in [6.07, 6.45) is 5.42. The fourth-order valence-electron chi connectivity index (χ4n) is 2.25. The Hall–Kier alpha value is -2.21. The van der Waals surface area contributed by atoms with Gasteiger partial charge in [0.25, 0.3) is 0 Å². The van der Waals surface area contributed by atoms with Crippen LogP contribution in [0.2, 0.25) is 0 Å². The summed E-state index contributed by atoms with van der Waals surface area (Å²) in [5.74, 6) is -0.857. The quantitative estimate of drug-likeness (QED) is 0.715. The molecule has 0 spiro atoms. The number of fused-ring (bicyclic) bond motifs is 1. The Morgan fingerprint density at radius 3 is 3.11 bits per heavy atom. The average Bonchev–Trinajstić information content (AvgIpc) is 2.86. The number of rotatable bonds is 2. The first-order valence-corrected chi connectivity index (χ1v) is 5.66. The van der Waals surface area contributed by atoms with E-state index in [0.29, 0.717) is 6.42 Å². The van der Waals surface area contributed by atoms with E-state index in [2.05, 4.69) is 20.3 Å². The topological polar surface area (TPSA) is 90.9 Å². The zero-order valence-corrected chi connectivity index (χ0v) is 9.50. The molecule has 2 aromatic rings. The number of aromatic amines is 1. The van der Waals surface area contributed by atoms with Crippen LogP contribution >= 0.6 is 0 Å². The van der Waals surface area contributed by atoms with Gasteiger partial charge >= 0.3 is 5.97 Å². The highest BCUT2D eigenvalue weighted by atomic mass is 16.4. The van der Waals surface area contributed by atoms with E-state index in [1.54, 1.807) is 18.7 Å². The Morgan fingerprint density at radius 2 is 2.39 bits per heavy atom. The Morgan fingerprint density at radius 1 is 1.50 bits per heavy atom. The van der Waals surface area contributed by atoms with E-state index >= 15 is 0 Å². The molecule has 0 radical (unpaired) electrons. The molecule has 0 saturated heterocycles. The number of pyridine rings is 1. The van der Waals surface area contributed by atoms with Gasteiger partial charge in [0.05, 0.1) is 18.1 Å². The van der Waals surface area contributed by atoms with Crippen LogP contribution in [0.1, 0.15) is 23.0 Å². The number of carboxylic acids is 1. The van der Waals surface area contributed by atoms with Crippen LogP contribution in [0.4, 0.5) is 0 Å². The van der Waals surface area contributed by atoms with Crippen molar-refractivity contribution in [1.82, 2.24) is 20.3 Å². The van der Waals surface area contributed by atoms with Crippen LogP contribution in [0.15, 0.2) is 30.9 Å². The molecule has 92 valence electrons. The predicted molar refractivity (Wildman–Crippen MR) is 62.9 cm³/mol. The van der Waals surface area contributed by atoms with Crippen molar-refractivity contribution in [1.29, 1.82) is 0 Å². The summed E-state index contributed by atoms with van der Waals surface area (Å²) >= 11 is 0. The number of nitrogens with one attached hydrogen (secondary N) is 2. The monoisotopic (exact) mass is 244 g/mol. The highest BCUT2D eigenvalue weighted by Gasteiger charge is 2.33. The lowest BCUT2D eigenvalue weighted by Crippen LogP contribution is -2.45. The minimum atomic E-state index is -0.857. The van der Waals surface area contributed by atoms with Crippen LogP contribution in [0.5, 0.6) is 0 Å². The molecule has 0 unspecified atom stereocenters. The third kappa shape index (κ3) is 1.76. The number of carbonyl (C=O) groups is 1. The SMILES string of the molecule is O=C(O)[C@H]1Cc2[nH]cnc2[C@@H](c2cccnc2)N1. The predicted octanol–water partition coefficient (Wildman–Crippen LogP) is 0.493. The molecule has 6 nitrogen and oxygen atoms in total. The largest absolute Gasteiger partial charge is 0.480 e. The molecule has 3 rings (SSSR count). The molecule has 2 aromatic heterocycles. The molecular weight excluding hydrogens is 232 g/mol. The lowest BCUT2D eigenvalue weighted by atomic mass is 9.95. The van der Waals surface area contributed by atoms with Crippen molar-refractivity contribution in [3.8, 4) is 0 Å². The average molecular weight is 244 g/mol. The second-order valence-corrected chi connectivity index (χ2v) is 4.25. The van der Waals surface area contributed by atoms with E-state index in [-0.39, 0.29) is 6.04 Å². The zero-order chi connectivity index (χ0) is 12.5. The number of aromatic nitrogens is 3. The highest BCUT2D eigenvalue weighted by molar-refractivity contribution is 5.74. The highest BCUT2D eigenvalue weighted by Crippen LogP contribution is 2.27. The van der Waals surface area contributed by atoms with Gasteiger partial charge in [-0.15, -0.1) is 0 Å². The van der Waals surface area contributed by atoms with Gasteiger partial charge in [-0.25, -0.2) is 4.98 Å². The molecule has 1 aliphatic rings. The summed E-state index contributed by atoms with van der Waals surface area (Å²) in [5.41, 5.74) is 2.63. The lowest BCUT2D eigenvalue weighted by Gasteiger charge is -2.27. The summed E-state index contributed by atoms with van der Waals surface area (Å²) < 4.78 is 0. The maximum atomic E-state index is 11.2. The molecule has 3 N–H and O–H groups in total. The van der Waals surface area contributed by atoms with Gasteiger partial charge in [-0.2, -0.15) is 0 Å². The number of aliphatic carboxylic acids is 1. The fraction of sp³-hybridized carbons (Fsp3) is 0.250. The van der Waals surface area contributed by atoms with Crippen molar-refractivity contribution in [2.45, 2.75) is 18.5 Å². The van der Waals surface area contributed by atoms with Crippen molar-refractivity contribution in [2.75, 3.05) is 0 Å². The van der Waals surface area contributed by atoms with E-state index < -0.39 is 12.0 Å². The van der Waals surface area contributed by atoms with Gasteiger partial charge in [0.2, 0.25) is 0 Å². The normalized spacial score (nSPS) is 22.4. The van der Waals surface area contributed by atoms with Crippen LogP contribution in [-0.4, -0.2) is 32.1 Å². The van der Waals surface area contributed by atoms with Gasteiger partial charge in [0.1, 0.15) is 6.04 Å². The van der Waals surface area contributed by atoms with E-state index in [1.165, 1.54) is 0 Å². The van der Waals surface area contributed by atoms with Gasteiger partial charge in [0, 0.05) is 24.5 Å². The molecule has 0 bridgehead atoms. The van der Waals surface area contributed by atoms with Crippen LogP contribution in [0.3, 0.4) is 0 Å². The first-order valence-electron chi connectivity index (χ1n) is 5.66. The summed E-state index contributed by atoms with van der Waals surface area (Å²) in [7, 11) is 0. The maximum Gasteiger partial charge on any atom is 0.321 e. The third-order valence-corrected chi connectivity index (χ3v) is 3.12. The summed E-state index contributed by atoms with van der Waals surface area (Å²) in [6.45, 7) is 0. The van der Waals surface area contributed by atoms with Crippen molar-refractivity contribution in [3.05, 3.63) is 47.8 Å². The van der Waals surface area contributed by atoms with Crippen molar-refractivity contribution < 1.29 is 9.90 Å². The van der Waals surface area contributed by atoms with Crippen LogP contribution < -0.4 is 5.32 Å². The Kier molecular flexibility index (Phi) is 2.56. The zero-order valence-electron chi connectivity index (χ0n) is 9.50. The van der Waals surface area contributed by atoms with Gasteiger partial charge in [-0.05, 0) is 11.6 Å². The molecule has 0 aliphatic carbocycles. The Labute approximate surface area is 103 Å². The van der Waals surface area contributed by atoms with Crippen molar-refractivity contribution in [2.24, 2.45) is 0 Å². The van der Waals surface area contributed by atoms with Gasteiger partial charge in [0.15, 0.2) is 0 Å². The number of imidazole rings is 1. The molecular formula is C12H12N4O2. The number of hydrogen-bond acceptors (Lipinski definition) is 4. The molecule has 0 amide bonds. The van der Waals surface area contributed by atoms with Gasteiger partial charge < -0.3 is 10.1 Å². The first-order chi connectivity index (χ1) is 8.75. The summed E-state index contributed by atoms with van der Waals surface area (Å²) in [4.78, 5) is 22.5. The van der Waals surface area contributed by atoms with Crippen LogP contribution in [0.25, 0.3) is 0 Å². The Bertz CT molecular complexity index is 566. The number of H-pyrrole nitrogens is 1. The molecule has 0 aromatic carbocycles. The lowest BCUT2D eigenvalue weighted by molar-refractivity contribution is -0.139. The second-order valence-electron chi connectivity index (χ2n) is 4.25. The maximum absolute atomic E-state index is 11.2. The number of nitrogens with zero attached hydrogens (tertiary/aromatic N) is 2.